The summed E-state index contributed by atoms with van der Waals surface area (Å²) in [6.07, 6.45) is 5.57. The molecule has 0 bridgehead atoms. The number of carbonyl (C=O) groups is 2. The molecule has 1 aromatic rings. The number of methoxy groups -OCH3 is 2. The maximum Gasteiger partial charge on any atom is 0.252 e. The van der Waals surface area contributed by atoms with Gasteiger partial charge in [0.25, 0.3) is 11.8 Å². The molecule has 156 valence electrons. The maximum absolute atomic E-state index is 12.7. The van der Waals surface area contributed by atoms with E-state index in [4.69, 9.17) is 9.47 Å². The predicted molar refractivity (Wildman–Crippen MR) is 110 cm³/mol. The third-order valence-electron chi connectivity index (χ3n) is 4.84. The SMILES string of the molecule is COCCNC(=O)c1ccc2c(c1)CNCCCCCCCN2C(=O)COC. The fourth-order valence-electron chi connectivity index (χ4n) is 3.35. The first-order valence-corrected chi connectivity index (χ1v) is 10.1. The minimum absolute atomic E-state index is 0.0477. The van der Waals surface area contributed by atoms with Crippen LogP contribution >= 0.6 is 0 Å². The van der Waals surface area contributed by atoms with Gasteiger partial charge in [0.2, 0.25) is 0 Å². The van der Waals surface area contributed by atoms with Crippen molar-refractivity contribution in [3.63, 3.8) is 0 Å². The number of nitrogens with one attached hydrogen (secondary N) is 2. The highest BCUT2D eigenvalue weighted by atomic mass is 16.5. The van der Waals surface area contributed by atoms with Crippen molar-refractivity contribution in [3.05, 3.63) is 29.3 Å². The van der Waals surface area contributed by atoms with E-state index < -0.39 is 0 Å². The van der Waals surface area contributed by atoms with Crippen LogP contribution in [0.4, 0.5) is 5.69 Å². The zero-order valence-corrected chi connectivity index (χ0v) is 17.1. The Morgan fingerprint density at radius 1 is 1.11 bits per heavy atom. The van der Waals surface area contributed by atoms with Crippen molar-refractivity contribution in [2.24, 2.45) is 0 Å². The fraction of sp³-hybridized carbons (Fsp3) is 0.619. The highest BCUT2D eigenvalue weighted by molar-refractivity contribution is 5.98. The van der Waals surface area contributed by atoms with E-state index >= 15 is 0 Å². The van der Waals surface area contributed by atoms with Crippen LogP contribution in [0.25, 0.3) is 0 Å². The summed E-state index contributed by atoms with van der Waals surface area (Å²) < 4.78 is 10.1. The summed E-state index contributed by atoms with van der Waals surface area (Å²) in [5.41, 5.74) is 2.39. The minimum atomic E-state index is -0.138. The standard InChI is InChI=1S/C21H33N3O4/c1-27-13-11-23-21(26)17-8-9-19-18(14-17)15-22-10-6-4-3-5-7-12-24(19)20(25)16-28-2/h8-9,14,22H,3-7,10-13,15-16H2,1-2H3,(H,23,26). The Balaban J connectivity index is 2.27. The largest absolute Gasteiger partial charge is 0.383 e. The van der Waals surface area contributed by atoms with Gasteiger partial charge in [-0.05, 0) is 43.1 Å². The molecule has 7 nitrogen and oxygen atoms in total. The first-order chi connectivity index (χ1) is 13.7. The quantitative estimate of drug-likeness (QED) is 0.726. The van der Waals surface area contributed by atoms with E-state index in [-0.39, 0.29) is 18.4 Å². The van der Waals surface area contributed by atoms with E-state index in [0.29, 0.717) is 31.8 Å². The lowest BCUT2D eigenvalue weighted by Crippen LogP contribution is -2.36. The van der Waals surface area contributed by atoms with Gasteiger partial charge in [-0.25, -0.2) is 0 Å². The molecule has 2 rings (SSSR count). The van der Waals surface area contributed by atoms with Crippen molar-refractivity contribution in [1.29, 1.82) is 0 Å². The van der Waals surface area contributed by atoms with E-state index in [1.807, 2.05) is 12.1 Å². The number of nitrogens with zero attached hydrogens (tertiary/aromatic N) is 1. The van der Waals surface area contributed by atoms with Crippen LogP contribution < -0.4 is 15.5 Å². The molecule has 2 N–H and O–H groups in total. The summed E-state index contributed by atoms with van der Waals surface area (Å²) in [4.78, 5) is 26.9. The second-order valence-electron chi connectivity index (χ2n) is 7.02. The van der Waals surface area contributed by atoms with Crippen LogP contribution in [-0.4, -0.2) is 58.9 Å². The van der Waals surface area contributed by atoms with E-state index in [0.717, 1.165) is 37.1 Å². The van der Waals surface area contributed by atoms with Crippen LogP contribution in [0, 0.1) is 0 Å². The minimum Gasteiger partial charge on any atom is -0.383 e. The van der Waals surface area contributed by atoms with Gasteiger partial charge in [-0.3, -0.25) is 9.59 Å². The third kappa shape index (κ3) is 6.89. The summed E-state index contributed by atoms with van der Waals surface area (Å²) in [5, 5.41) is 6.29. The van der Waals surface area contributed by atoms with Crippen LogP contribution in [-0.2, 0) is 20.8 Å². The molecule has 2 amide bonds. The summed E-state index contributed by atoms with van der Waals surface area (Å²) >= 11 is 0. The highest BCUT2D eigenvalue weighted by Crippen LogP contribution is 2.24. The van der Waals surface area contributed by atoms with Gasteiger partial charge in [0, 0.05) is 45.1 Å². The van der Waals surface area contributed by atoms with Gasteiger partial charge < -0.3 is 25.0 Å². The second kappa shape index (κ2) is 12.5. The molecule has 7 heteroatoms. The number of benzene rings is 1. The number of fused-ring (bicyclic) bond motifs is 1. The Morgan fingerprint density at radius 3 is 2.68 bits per heavy atom. The number of ether oxygens (including phenoxy) is 2. The maximum atomic E-state index is 12.7. The molecule has 1 heterocycles. The molecule has 0 saturated heterocycles. The molecule has 1 aliphatic heterocycles. The van der Waals surface area contributed by atoms with Crippen LogP contribution in [0.5, 0.6) is 0 Å². The van der Waals surface area contributed by atoms with Gasteiger partial charge >= 0.3 is 0 Å². The lowest BCUT2D eigenvalue weighted by atomic mass is 10.0. The molecule has 0 radical (unpaired) electrons. The average Bonchev–Trinajstić information content (AvgIpc) is 2.68. The van der Waals surface area contributed by atoms with E-state index in [1.165, 1.54) is 20.0 Å². The number of carbonyl (C=O) groups excluding carboxylic acids is 2. The Bertz CT molecular complexity index is 636. The topological polar surface area (TPSA) is 79.9 Å². The monoisotopic (exact) mass is 391 g/mol. The summed E-state index contributed by atoms with van der Waals surface area (Å²) in [5.74, 6) is -0.196. The van der Waals surface area contributed by atoms with Gasteiger partial charge in [0.15, 0.2) is 0 Å². The summed E-state index contributed by atoms with van der Waals surface area (Å²) in [6.45, 7) is 3.18. The molecule has 0 aromatic heterocycles. The Hall–Kier alpha value is -1.96. The Labute approximate surface area is 167 Å². The van der Waals surface area contributed by atoms with E-state index in [1.54, 1.807) is 18.1 Å². The Kier molecular flexibility index (Phi) is 9.96. The average molecular weight is 392 g/mol. The van der Waals surface area contributed by atoms with Crippen molar-refractivity contribution in [2.75, 3.05) is 52.0 Å². The van der Waals surface area contributed by atoms with Gasteiger partial charge in [0.1, 0.15) is 6.61 Å². The van der Waals surface area contributed by atoms with Crippen LogP contribution in [0.2, 0.25) is 0 Å². The van der Waals surface area contributed by atoms with Crippen LogP contribution in [0.3, 0.4) is 0 Å². The molecule has 28 heavy (non-hydrogen) atoms. The zero-order chi connectivity index (χ0) is 20.2. The van der Waals surface area contributed by atoms with Crippen molar-refractivity contribution in [2.45, 2.75) is 38.6 Å². The van der Waals surface area contributed by atoms with Gasteiger partial charge in [0.05, 0.1) is 6.61 Å². The lowest BCUT2D eigenvalue weighted by molar-refractivity contribution is -0.122. The number of hydrogen-bond acceptors (Lipinski definition) is 5. The molecule has 0 spiro atoms. The number of anilines is 1. The smallest absolute Gasteiger partial charge is 0.252 e. The van der Waals surface area contributed by atoms with Gasteiger partial charge in [-0.2, -0.15) is 0 Å². The molecule has 0 saturated carbocycles. The normalized spacial score (nSPS) is 15.9. The first-order valence-electron chi connectivity index (χ1n) is 10.1. The fourth-order valence-corrected chi connectivity index (χ4v) is 3.35. The van der Waals surface area contributed by atoms with Gasteiger partial charge in [-0.1, -0.05) is 19.3 Å². The first kappa shape index (κ1) is 22.3. The van der Waals surface area contributed by atoms with E-state index in [2.05, 4.69) is 10.6 Å². The van der Waals surface area contributed by atoms with Crippen molar-refractivity contribution in [1.82, 2.24) is 10.6 Å². The van der Waals surface area contributed by atoms with E-state index in [9.17, 15) is 9.59 Å². The summed E-state index contributed by atoms with van der Waals surface area (Å²) in [6, 6.07) is 5.53. The predicted octanol–water partition coefficient (Wildman–Crippen LogP) is 2.10. The number of rotatable bonds is 6. The molecule has 0 aliphatic carbocycles. The van der Waals surface area contributed by atoms with Crippen molar-refractivity contribution in [3.8, 4) is 0 Å². The molecule has 0 unspecified atom stereocenters. The second-order valence-corrected chi connectivity index (χ2v) is 7.02. The highest BCUT2D eigenvalue weighted by Gasteiger charge is 2.20. The number of amides is 2. The molecular weight excluding hydrogens is 358 g/mol. The molecule has 1 aromatic carbocycles. The molecule has 0 fully saturated rings. The third-order valence-corrected chi connectivity index (χ3v) is 4.84. The lowest BCUT2D eigenvalue weighted by Gasteiger charge is -2.26. The summed E-state index contributed by atoms with van der Waals surface area (Å²) in [7, 11) is 3.13. The van der Waals surface area contributed by atoms with Crippen LogP contribution in [0.15, 0.2) is 18.2 Å². The molecular formula is C21H33N3O4. The number of hydrogen-bond donors (Lipinski definition) is 2. The molecule has 1 aliphatic rings. The van der Waals surface area contributed by atoms with Crippen molar-refractivity contribution < 1.29 is 19.1 Å². The Morgan fingerprint density at radius 2 is 1.89 bits per heavy atom. The van der Waals surface area contributed by atoms with Gasteiger partial charge in [-0.15, -0.1) is 0 Å². The van der Waals surface area contributed by atoms with Crippen molar-refractivity contribution >= 4 is 17.5 Å². The molecule has 0 atom stereocenters. The van der Waals surface area contributed by atoms with Crippen LogP contribution in [0.1, 0.15) is 48.0 Å². The zero-order valence-electron chi connectivity index (χ0n) is 17.1.